The van der Waals surface area contributed by atoms with Crippen LogP contribution in [-0.4, -0.2) is 35.2 Å². The van der Waals surface area contributed by atoms with Crippen molar-refractivity contribution in [3.63, 3.8) is 0 Å². The Balaban J connectivity index is 1.68. The van der Waals surface area contributed by atoms with Crippen molar-refractivity contribution in [1.82, 2.24) is 9.55 Å². The second kappa shape index (κ2) is 10.5. The molecule has 0 N–H and O–H groups in total. The molecule has 1 aromatic heterocycles. The summed E-state index contributed by atoms with van der Waals surface area (Å²) in [5.41, 5.74) is 4.10. The van der Waals surface area contributed by atoms with Crippen LogP contribution in [0.25, 0.3) is 11.0 Å². The Bertz CT molecular complexity index is 1350. The Morgan fingerprint density at radius 1 is 0.971 bits per heavy atom. The molecule has 4 aromatic rings. The number of thioether (sulfide) groups is 1. The third kappa shape index (κ3) is 5.28. The molecule has 174 valence electrons. The number of esters is 2. The topological polar surface area (TPSA) is 70.4 Å². The minimum Gasteiger partial charge on any atom is -0.465 e. The van der Waals surface area contributed by atoms with E-state index in [1.165, 1.54) is 31.0 Å². The first-order chi connectivity index (χ1) is 16.5. The van der Waals surface area contributed by atoms with Crippen LogP contribution in [0.2, 0.25) is 0 Å². The molecule has 0 atom stereocenters. The fourth-order valence-corrected chi connectivity index (χ4v) is 4.54. The minimum absolute atomic E-state index is 0.288. The average Bonchev–Trinajstić information content (AvgIpc) is 3.19. The van der Waals surface area contributed by atoms with Gasteiger partial charge in [-0.1, -0.05) is 36.0 Å². The van der Waals surface area contributed by atoms with Gasteiger partial charge in [-0.05, 0) is 60.5 Å². The first-order valence-corrected chi connectivity index (χ1v) is 11.7. The van der Waals surface area contributed by atoms with Crippen LogP contribution >= 0.6 is 11.8 Å². The van der Waals surface area contributed by atoms with Crippen molar-refractivity contribution in [3.8, 4) is 0 Å². The number of nitrogens with zero attached hydrogens (tertiary/aromatic N) is 2. The van der Waals surface area contributed by atoms with Crippen LogP contribution in [-0.2, 0) is 21.8 Å². The number of carbonyl (C=O) groups excluding carboxylic acids is 2. The van der Waals surface area contributed by atoms with Crippen LogP contribution in [0.15, 0.2) is 71.9 Å². The Hall–Kier alpha value is -3.65. The van der Waals surface area contributed by atoms with Gasteiger partial charge in [0.05, 0.1) is 42.4 Å². The second-order valence-corrected chi connectivity index (χ2v) is 8.46. The summed E-state index contributed by atoms with van der Waals surface area (Å²) in [5, 5.41) is 0.712. The highest BCUT2D eigenvalue weighted by molar-refractivity contribution is 7.98. The molecule has 0 saturated heterocycles. The number of imidazole rings is 1. The Morgan fingerprint density at radius 3 is 2.50 bits per heavy atom. The summed E-state index contributed by atoms with van der Waals surface area (Å²) in [6.45, 7) is 2.46. The quantitative estimate of drug-likeness (QED) is 0.247. The van der Waals surface area contributed by atoms with E-state index in [0.29, 0.717) is 34.1 Å². The summed E-state index contributed by atoms with van der Waals surface area (Å²) in [6, 6.07) is 18.9. The van der Waals surface area contributed by atoms with Crippen molar-refractivity contribution in [2.75, 3.05) is 13.7 Å². The van der Waals surface area contributed by atoms with Crippen molar-refractivity contribution in [2.24, 2.45) is 0 Å². The molecule has 34 heavy (non-hydrogen) atoms. The van der Waals surface area contributed by atoms with Gasteiger partial charge in [0.15, 0.2) is 5.16 Å². The van der Waals surface area contributed by atoms with E-state index in [9.17, 15) is 14.0 Å². The second-order valence-electron chi connectivity index (χ2n) is 7.52. The SMILES string of the molecule is CCOC(=O)c1ccc2c(c1)nc(SCc1cccc(C(=O)OC)c1)n2Cc1cccc(F)c1. The molecule has 0 aliphatic rings. The summed E-state index contributed by atoms with van der Waals surface area (Å²) >= 11 is 1.49. The molecule has 0 aliphatic carbocycles. The number of fused-ring (bicyclic) bond motifs is 1. The Kier molecular flexibility index (Phi) is 7.27. The normalized spacial score (nSPS) is 10.9. The predicted octanol–water partition coefficient (Wildman–Crippen LogP) is 5.48. The van der Waals surface area contributed by atoms with Gasteiger partial charge in [0, 0.05) is 5.75 Å². The van der Waals surface area contributed by atoms with E-state index in [-0.39, 0.29) is 12.4 Å². The zero-order chi connectivity index (χ0) is 24.1. The van der Waals surface area contributed by atoms with Gasteiger partial charge < -0.3 is 14.0 Å². The van der Waals surface area contributed by atoms with Crippen molar-refractivity contribution < 1.29 is 23.5 Å². The van der Waals surface area contributed by atoms with E-state index in [1.807, 2.05) is 28.8 Å². The number of carbonyl (C=O) groups is 2. The first kappa shape index (κ1) is 23.5. The maximum absolute atomic E-state index is 13.8. The van der Waals surface area contributed by atoms with E-state index in [4.69, 9.17) is 14.5 Å². The smallest absolute Gasteiger partial charge is 0.338 e. The summed E-state index contributed by atoms with van der Waals surface area (Å²) in [4.78, 5) is 28.8. The zero-order valence-electron chi connectivity index (χ0n) is 18.8. The molecule has 0 saturated carbocycles. The molecule has 6 nitrogen and oxygen atoms in total. The van der Waals surface area contributed by atoms with E-state index in [0.717, 1.165) is 16.6 Å². The van der Waals surface area contributed by atoms with Crippen molar-refractivity contribution in [3.05, 3.63) is 94.8 Å². The van der Waals surface area contributed by atoms with Crippen molar-refractivity contribution >= 4 is 34.7 Å². The number of hydrogen-bond donors (Lipinski definition) is 0. The highest BCUT2D eigenvalue weighted by Crippen LogP contribution is 2.29. The molecule has 0 bridgehead atoms. The standard InChI is InChI=1S/C26H23FN2O4S/c1-3-33-25(31)20-10-11-23-22(14-20)28-26(29(23)15-17-6-5-9-21(27)13-17)34-16-18-7-4-8-19(12-18)24(30)32-2/h4-14H,3,15-16H2,1-2H3. The lowest BCUT2D eigenvalue weighted by molar-refractivity contribution is 0.0525. The molecule has 0 fully saturated rings. The summed E-state index contributed by atoms with van der Waals surface area (Å²) < 4.78 is 25.7. The Morgan fingerprint density at radius 2 is 1.74 bits per heavy atom. The molecule has 0 aliphatic heterocycles. The van der Waals surface area contributed by atoms with Crippen LogP contribution < -0.4 is 0 Å². The third-order valence-electron chi connectivity index (χ3n) is 5.17. The molecule has 3 aromatic carbocycles. The summed E-state index contributed by atoms with van der Waals surface area (Å²) in [5.74, 6) is -0.544. The van der Waals surface area contributed by atoms with Gasteiger partial charge in [-0.3, -0.25) is 0 Å². The lowest BCUT2D eigenvalue weighted by Crippen LogP contribution is -2.05. The van der Waals surface area contributed by atoms with Crippen LogP contribution in [0, 0.1) is 5.82 Å². The zero-order valence-corrected chi connectivity index (χ0v) is 19.6. The van der Waals surface area contributed by atoms with Gasteiger partial charge in [0.1, 0.15) is 5.82 Å². The third-order valence-corrected chi connectivity index (χ3v) is 6.22. The van der Waals surface area contributed by atoms with E-state index in [2.05, 4.69) is 0 Å². The fraction of sp³-hybridized carbons (Fsp3) is 0.192. The first-order valence-electron chi connectivity index (χ1n) is 10.7. The highest BCUT2D eigenvalue weighted by Gasteiger charge is 2.16. The summed E-state index contributed by atoms with van der Waals surface area (Å²) in [6.07, 6.45) is 0. The molecule has 1 heterocycles. The molecule has 0 unspecified atom stereocenters. The fourth-order valence-electron chi connectivity index (χ4n) is 3.58. The molecular formula is C26H23FN2O4S. The number of aromatic nitrogens is 2. The summed E-state index contributed by atoms with van der Waals surface area (Å²) in [7, 11) is 1.35. The van der Waals surface area contributed by atoms with Crippen LogP contribution in [0.3, 0.4) is 0 Å². The number of methoxy groups -OCH3 is 1. The van der Waals surface area contributed by atoms with Gasteiger partial charge in [-0.15, -0.1) is 0 Å². The molecule has 4 rings (SSSR count). The molecular weight excluding hydrogens is 455 g/mol. The lowest BCUT2D eigenvalue weighted by atomic mass is 10.1. The molecule has 0 spiro atoms. The number of benzene rings is 3. The highest BCUT2D eigenvalue weighted by atomic mass is 32.2. The Labute approximate surface area is 200 Å². The molecule has 0 amide bonds. The van der Waals surface area contributed by atoms with E-state index >= 15 is 0 Å². The molecule has 8 heteroatoms. The number of rotatable bonds is 8. The maximum atomic E-state index is 13.8. The lowest BCUT2D eigenvalue weighted by Gasteiger charge is -2.10. The monoisotopic (exact) mass is 478 g/mol. The largest absolute Gasteiger partial charge is 0.465 e. The van der Waals surface area contributed by atoms with Crippen LogP contribution in [0.5, 0.6) is 0 Å². The van der Waals surface area contributed by atoms with Gasteiger partial charge >= 0.3 is 11.9 Å². The van der Waals surface area contributed by atoms with E-state index in [1.54, 1.807) is 37.3 Å². The van der Waals surface area contributed by atoms with Crippen LogP contribution in [0.4, 0.5) is 4.39 Å². The maximum Gasteiger partial charge on any atom is 0.338 e. The number of ether oxygens (including phenoxy) is 2. The predicted molar refractivity (Wildman–Crippen MR) is 129 cm³/mol. The molecule has 0 radical (unpaired) electrons. The van der Waals surface area contributed by atoms with Gasteiger partial charge in [0.25, 0.3) is 0 Å². The average molecular weight is 479 g/mol. The van der Waals surface area contributed by atoms with Gasteiger partial charge in [0.2, 0.25) is 0 Å². The van der Waals surface area contributed by atoms with Crippen LogP contribution in [0.1, 0.15) is 38.8 Å². The number of halogens is 1. The van der Waals surface area contributed by atoms with Gasteiger partial charge in [-0.25, -0.2) is 19.0 Å². The van der Waals surface area contributed by atoms with E-state index < -0.39 is 11.9 Å². The van der Waals surface area contributed by atoms with Gasteiger partial charge in [-0.2, -0.15) is 0 Å². The number of hydrogen-bond acceptors (Lipinski definition) is 6. The van der Waals surface area contributed by atoms with Crippen molar-refractivity contribution in [1.29, 1.82) is 0 Å². The van der Waals surface area contributed by atoms with Crippen molar-refractivity contribution in [2.45, 2.75) is 24.4 Å². The minimum atomic E-state index is -0.405.